The molecule has 3 aromatic carbocycles. The molecule has 2 atom stereocenters. The zero-order chi connectivity index (χ0) is 26.0. The number of anilines is 2. The molecule has 3 aromatic rings. The maximum atomic E-state index is 11.9. The van der Waals surface area contributed by atoms with E-state index in [1.165, 1.54) is 11.1 Å². The van der Waals surface area contributed by atoms with Crippen molar-refractivity contribution >= 4 is 33.3 Å². The summed E-state index contributed by atoms with van der Waals surface area (Å²) in [5.74, 6) is -0.206. The first-order chi connectivity index (χ1) is 17.2. The Morgan fingerprint density at radius 2 is 2.00 bits per heavy atom. The van der Waals surface area contributed by atoms with E-state index in [9.17, 15) is 9.90 Å². The molecular weight excluding hydrogens is 518 g/mol. The van der Waals surface area contributed by atoms with E-state index in [4.69, 9.17) is 10.5 Å². The SMILES string of the molecule is CNc1ccc(C(CC(=O)O)c2ccc(C)c(CN3Cc4ccc(Br)cc4OC(C)C3)c2)c(C)c1N. The lowest BCUT2D eigenvalue weighted by atomic mass is 9.84. The molecule has 0 spiro atoms. The number of ether oxygens (including phenoxy) is 1. The molecule has 7 heteroatoms. The van der Waals surface area contributed by atoms with Crippen molar-refractivity contribution in [2.24, 2.45) is 0 Å². The highest BCUT2D eigenvalue weighted by Crippen LogP contribution is 2.37. The van der Waals surface area contributed by atoms with Gasteiger partial charge in [0.2, 0.25) is 0 Å². The first-order valence-corrected chi connectivity index (χ1v) is 13.0. The van der Waals surface area contributed by atoms with Crippen molar-refractivity contribution in [1.82, 2.24) is 4.90 Å². The van der Waals surface area contributed by atoms with Gasteiger partial charge in [-0.1, -0.05) is 46.3 Å². The first kappa shape index (κ1) is 26.0. The highest BCUT2D eigenvalue weighted by atomic mass is 79.9. The van der Waals surface area contributed by atoms with Gasteiger partial charge in [-0.15, -0.1) is 0 Å². The van der Waals surface area contributed by atoms with Gasteiger partial charge in [-0.2, -0.15) is 0 Å². The van der Waals surface area contributed by atoms with Gasteiger partial charge in [-0.05, 0) is 66.8 Å². The number of nitrogen functional groups attached to an aromatic ring is 1. The van der Waals surface area contributed by atoms with E-state index in [0.717, 1.165) is 57.8 Å². The molecule has 1 heterocycles. The standard InChI is InChI=1S/C29H34BrN3O3/c1-17-5-6-20(25(13-28(34)35)24-9-10-26(32-4)29(31)19(24)3)11-22(17)16-33-14-18(2)36-27-12-23(30)8-7-21(27)15-33/h5-12,18,25,32H,13-16,31H2,1-4H3,(H,34,35). The number of carboxylic acids is 1. The van der Waals surface area contributed by atoms with Gasteiger partial charge in [-0.25, -0.2) is 0 Å². The summed E-state index contributed by atoms with van der Waals surface area (Å²) in [6.45, 7) is 8.51. The van der Waals surface area contributed by atoms with Gasteiger partial charge in [0.25, 0.3) is 0 Å². The predicted molar refractivity (Wildman–Crippen MR) is 149 cm³/mol. The molecule has 1 aliphatic rings. The third-order valence-electron chi connectivity index (χ3n) is 7.02. The molecule has 36 heavy (non-hydrogen) atoms. The number of aryl methyl sites for hydroxylation is 1. The fourth-order valence-corrected chi connectivity index (χ4v) is 5.39. The molecular formula is C29H34BrN3O3. The molecule has 4 N–H and O–H groups in total. The van der Waals surface area contributed by atoms with Crippen molar-refractivity contribution in [2.45, 2.75) is 52.3 Å². The lowest BCUT2D eigenvalue weighted by Crippen LogP contribution is -2.30. The van der Waals surface area contributed by atoms with Crippen molar-refractivity contribution in [1.29, 1.82) is 0 Å². The molecule has 0 aliphatic carbocycles. The number of nitrogens with zero attached hydrogens (tertiary/aromatic N) is 1. The molecule has 0 aromatic heterocycles. The molecule has 0 radical (unpaired) electrons. The molecule has 1 aliphatic heterocycles. The highest BCUT2D eigenvalue weighted by Gasteiger charge is 2.24. The van der Waals surface area contributed by atoms with E-state index in [0.29, 0.717) is 5.69 Å². The maximum absolute atomic E-state index is 11.9. The molecule has 0 fully saturated rings. The van der Waals surface area contributed by atoms with Gasteiger partial charge in [0.15, 0.2) is 0 Å². The number of hydrogen-bond acceptors (Lipinski definition) is 5. The molecule has 6 nitrogen and oxygen atoms in total. The largest absolute Gasteiger partial charge is 0.489 e. The molecule has 0 saturated heterocycles. The van der Waals surface area contributed by atoms with Gasteiger partial charge in [0, 0.05) is 42.6 Å². The van der Waals surface area contributed by atoms with Crippen molar-refractivity contribution < 1.29 is 14.6 Å². The quantitative estimate of drug-likeness (QED) is 0.308. The second kappa shape index (κ2) is 10.9. The number of hydrogen-bond donors (Lipinski definition) is 3. The lowest BCUT2D eigenvalue weighted by Gasteiger charge is -2.25. The third kappa shape index (κ3) is 5.68. The highest BCUT2D eigenvalue weighted by molar-refractivity contribution is 9.10. The Labute approximate surface area is 221 Å². The van der Waals surface area contributed by atoms with Crippen molar-refractivity contribution in [3.05, 3.63) is 86.4 Å². The Morgan fingerprint density at radius 1 is 1.22 bits per heavy atom. The van der Waals surface area contributed by atoms with E-state index in [-0.39, 0.29) is 18.4 Å². The van der Waals surface area contributed by atoms with Crippen LogP contribution in [0.1, 0.15) is 52.6 Å². The number of benzene rings is 3. The summed E-state index contributed by atoms with van der Waals surface area (Å²) in [7, 11) is 1.83. The minimum absolute atomic E-state index is 0.00147. The fourth-order valence-electron chi connectivity index (χ4n) is 5.05. The average molecular weight is 553 g/mol. The second-order valence-electron chi connectivity index (χ2n) is 9.68. The Balaban J connectivity index is 1.67. The predicted octanol–water partition coefficient (Wildman–Crippen LogP) is 6.08. The van der Waals surface area contributed by atoms with Gasteiger partial charge in [0.1, 0.15) is 11.9 Å². The number of nitrogens with one attached hydrogen (secondary N) is 1. The summed E-state index contributed by atoms with van der Waals surface area (Å²) < 4.78 is 7.20. The van der Waals surface area contributed by atoms with Crippen LogP contribution >= 0.6 is 15.9 Å². The topological polar surface area (TPSA) is 87.8 Å². The monoisotopic (exact) mass is 551 g/mol. The minimum atomic E-state index is -0.834. The third-order valence-corrected chi connectivity index (χ3v) is 7.51. The number of carbonyl (C=O) groups is 1. The van der Waals surface area contributed by atoms with Gasteiger partial charge < -0.3 is 20.9 Å². The molecule has 2 unspecified atom stereocenters. The van der Waals surface area contributed by atoms with Crippen molar-refractivity contribution in [2.75, 3.05) is 24.6 Å². The van der Waals surface area contributed by atoms with Gasteiger partial charge in [-0.3, -0.25) is 9.69 Å². The number of rotatable bonds is 7. The van der Waals surface area contributed by atoms with Crippen LogP contribution in [0.2, 0.25) is 0 Å². The van der Waals surface area contributed by atoms with Crippen LogP contribution in [0.4, 0.5) is 11.4 Å². The number of carboxylic acid groups (broad SMARTS) is 1. The molecule has 4 rings (SSSR count). The molecule has 190 valence electrons. The van der Waals surface area contributed by atoms with Crippen LogP contribution in [-0.4, -0.2) is 35.7 Å². The number of halogens is 1. The number of nitrogens with two attached hydrogens (primary N) is 1. The molecule has 0 amide bonds. The summed E-state index contributed by atoms with van der Waals surface area (Å²) in [6, 6.07) is 16.4. The van der Waals surface area contributed by atoms with Crippen molar-refractivity contribution in [3.8, 4) is 5.75 Å². The number of aliphatic carboxylic acids is 1. The summed E-state index contributed by atoms with van der Waals surface area (Å²) in [4.78, 5) is 14.3. The van der Waals surface area contributed by atoms with Crippen LogP contribution in [0, 0.1) is 13.8 Å². The molecule has 0 saturated carbocycles. The summed E-state index contributed by atoms with van der Waals surface area (Å²) in [6.07, 6.45) is 0.0542. The van der Waals surface area contributed by atoms with E-state index < -0.39 is 5.97 Å². The Bertz CT molecular complexity index is 1280. The fraction of sp³-hybridized carbons (Fsp3) is 0.345. The van der Waals surface area contributed by atoms with Crippen molar-refractivity contribution in [3.63, 3.8) is 0 Å². The van der Waals surface area contributed by atoms with Gasteiger partial charge >= 0.3 is 5.97 Å². The smallest absolute Gasteiger partial charge is 0.304 e. The van der Waals surface area contributed by atoms with Crippen LogP contribution in [0.5, 0.6) is 5.75 Å². The van der Waals surface area contributed by atoms with Crippen LogP contribution in [-0.2, 0) is 17.9 Å². The second-order valence-corrected chi connectivity index (χ2v) is 10.6. The number of fused-ring (bicyclic) bond motifs is 1. The van der Waals surface area contributed by atoms with Crippen LogP contribution in [0.25, 0.3) is 0 Å². The normalized spacial score (nSPS) is 16.5. The van der Waals surface area contributed by atoms with Gasteiger partial charge in [0.05, 0.1) is 17.8 Å². The van der Waals surface area contributed by atoms with E-state index >= 15 is 0 Å². The minimum Gasteiger partial charge on any atom is -0.489 e. The zero-order valence-electron chi connectivity index (χ0n) is 21.3. The maximum Gasteiger partial charge on any atom is 0.304 e. The summed E-state index contributed by atoms with van der Waals surface area (Å²) >= 11 is 3.54. The Morgan fingerprint density at radius 3 is 2.72 bits per heavy atom. The Hall–Kier alpha value is -3.03. The zero-order valence-corrected chi connectivity index (χ0v) is 22.9. The Kier molecular flexibility index (Phi) is 7.91. The molecule has 0 bridgehead atoms. The van der Waals surface area contributed by atoms with Crippen LogP contribution < -0.4 is 15.8 Å². The lowest BCUT2D eigenvalue weighted by molar-refractivity contribution is -0.137. The first-order valence-electron chi connectivity index (χ1n) is 12.2. The van der Waals surface area contributed by atoms with Crippen LogP contribution in [0.15, 0.2) is 53.0 Å². The van der Waals surface area contributed by atoms with E-state index in [1.54, 1.807) is 0 Å². The summed E-state index contributed by atoms with van der Waals surface area (Å²) in [5.41, 5.74) is 14.2. The van der Waals surface area contributed by atoms with Crippen LogP contribution in [0.3, 0.4) is 0 Å². The van der Waals surface area contributed by atoms with E-state index in [2.05, 4.69) is 64.3 Å². The van der Waals surface area contributed by atoms with E-state index in [1.807, 2.05) is 38.2 Å². The summed E-state index contributed by atoms with van der Waals surface area (Å²) in [5, 5.41) is 12.9. The average Bonchev–Trinajstić information content (AvgIpc) is 2.97.